The summed E-state index contributed by atoms with van der Waals surface area (Å²) >= 11 is 10.2. The second kappa shape index (κ2) is 10.1. The monoisotopic (exact) mass is 681 g/mol. The third-order valence-corrected chi connectivity index (χ3v) is 6.66. The van der Waals surface area contributed by atoms with E-state index in [0.29, 0.717) is 22.0 Å². The molecule has 1 aliphatic heterocycles. The molecule has 164 valence electrons. The van der Waals surface area contributed by atoms with Crippen molar-refractivity contribution < 1.29 is 14.3 Å². The Hall–Kier alpha value is -2.62. The van der Waals surface area contributed by atoms with E-state index in [1.165, 1.54) is 0 Å². The molecule has 1 heterocycles. The molecule has 1 aliphatic rings. The zero-order valence-corrected chi connectivity index (χ0v) is 21.9. The van der Waals surface area contributed by atoms with Gasteiger partial charge in [0.25, 0.3) is 5.91 Å². The molecule has 1 saturated heterocycles. The van der Waals surface area contributed by atoms with Gasteiger partial charge in [0.15, 0.2) is 0 Å². The van der Waals surface area contributed by atoms with Gasteiger partial charge in [0.2, 0.25) is 0 Å². The van der Waals surface area contributed by atoms with E-state index in [0.717, 1.165) is 23.2 Å². The fourth-order valence-corrected chi connectivity index (χ4v) is 5.49. The predicted molar refractivity (Wildman–Crippen MR) is 143 cm³/mol. The number of urea groups is 1. The van der Waals surface area contributed by atoms with Crippen molar-refractivity contribution in [2.75, 3.05) is 4.90 Å². The van der Waals surface area contributed by atoms with Gasteiger partial charge in [0.1, 0.15) is 18.1 Å². The van der Waals surface area contributed by atoms with Crippen LogP contribution in [0, 0.1) is 18.5 Å². The normalized spacial score (nSPS) is 14.4. The Morgan fingerprint density at radius 1 is 1.06 bits per heavy atom. The summed E-state index contributed by atoms with van der Waals surface area (Å²) < 4.78 is 7.68. The molecule has 0 radical (unpaired) electrons. The molecule has 33 heavy (non-hydrogen) atoms. The van der Waals surface area contributed by atoms with Gasteiger partial charge < -0.3 is 10.1 Å². The van der Waals surface area contributed by atoms with Crippen LogP contribution in [-0.4, -0.2) is 11.9 Å². The summed E-state index contributed by atoms with van der Waals surface area (Å²) in [7, 11) is 0. The summed E-state index contributed by atoms with van der Waals surface area (Å²) in [5.41, 5.74) is 2.74. The van der Waals surface area contributed by atoms with Crippen molar-refractivity contribution in [1.82, 2.24) is 5.32 Å². The topological polar surface area (TPSA) is 82.4 Å². The number of benzene rings is 3. The number of imide groups is 1. The lowest BCUT2D eigenvalue weighted by atomic mass is 10.1. The Morgan fingerprint density at radius 2 is 1.73 bits per heavy atom. The van der Waals surface area contributed by atoms with E-state index < -0.39 is 11.9 Å². The molecule has 0 spiro atoms. The van der Waals surface area contributed by atoms with Crippen LogP contribution in [0.3, 0.4) is 0 Å². The maximum atomic E-state index is 12.8. The van der Waals surface area contributed by atoms with Gasteiger partial charge >= 0.3 is 6.03 Å². The number of halogens is 3. The lowest BCUT2D eigenvalue weighted by Crippen LogP contribution is -2.30. The predicted octanol–water partition coefficient (Wildman–Crippen LogP) is 6.10. The van der Waals surface area contributed by atoms with Crippen LogP contribution in [0.5, 0.6) is 5.75 Å². The molecule has 0 aromatic heterocycles. The van der Waals surface area contributed by atoms with Gasteiger partial charge in [0.05, 0.1) is 24.5 Å². The quantitative estimate of drug-likeness (QED) is 0.201. The van der Waals surface area contributed by atoms with E-state index in [1.54, 1.807) is 36.4 Å². The molecule has 0 bridgehead atoms. The van der Waals surface area contributed by atoms with Crippen LogP contribution in [0.25, 0.3) is 6.08 Å². The third-order valence-electron chi connectivity index (χ3n) is 4.80. The minimum absolute atomic E-state index is 0.179. The Balaban J connectivity index is 1.55. The largest absolute Gasteiger partial charge is 0.487 e. The molecule has 4 rings (SSSR count). The molecule has 0 saturated carbocycles. The van der Waals surface area contributed by atoms with Gasteiger partial charge in [-0.1, -0.05) is 29.8 Å². The summed E-state index contributed by atoms with van der Waals surface area (Å²) in [6.45, 7) is 0.265. The van der Waals surface area contributed by atoms with Gasteiger partial charge in [0, 0.05) is 10.6 Å². The van der Waals surface area contributed by atoms with Crippen LogP contribution in [-0.2, 0) is 11.4 Å². The highest BCUT2D eigenvalue weighted by atomic mass is 127. The third kappa shape index (κ3) is 5.15. The molecular weight excluding hydrogens is 668 g/mol. The molecule has 3 amide bonds. The maximum Gasteiger partial charge on any atom is 0.333 e. The minimum Gasteiger partial charge on any atom is -0.487 e. The SMILES string of the molecule is N#Cc1ccccc1COc1c(I)cc(/C=C2/NC(=O)N(c3ccc(Cl)cc3)C2=O)cc1I. The summed E-state index contributed by atoms with van der Waals surface area (Å²) in [6.07, 6.45) is 1.63. The number of carbonyl (C=O) groups is 2. The zero-order valence-electron chi connectivity index (χ0n) is 16.8. The number of carbonyl (C=O) groups excluding carboxylic acids is 2. The molecule has 3 aromatic carbocycles. The second-order valence-electron chi connectivity index (χ2n) is 6.98. The first-order valence-corrected chi connectivity index (χ1v) is 12.1. The first-order valence-electron chi connectivity index (χ1n) is 9.60. The van der Waals surface area contributed by atoms with Crippen molar-refractivity contribution >= 4 is 80.5 Å². The highest BCUT2D eigenvalue weighted by molar-refractivity contribution is 14.1. The molecule has 0 unspecified atom stereocenters. The Morgan fingerprint density at radius 3 is 2.39 bits per heavy atom. The van der Waals surface area contributed by atoms with Gasteiger partial charge in [-0.25, -0.2) is 9.69 Å². The molecule has 1 N–H and O–H groups in total. The molecule has 0 aliphatic carbocycles. The van der Waals surface area contributed by atoms with Gasteiger partial charge in [-0.05, 0) is 99.3 Å². The maximum absolute atomic E-state index is 12.8. The van der Waals surface area contributed by atoms with Crippen molar-refractivity contribution in [2.24, 2.45) is 0 Å². The van der Waals surface area contributed by atoms with E-state index in [9.17, 15) is 14.9 Å². The number of amides is 3. The molecule has 9 heteroatoms. The molecule has 6 nitrogen and oxygen atoms in total. The second-order valence-corrected chi connectivity index (χ2v) is 9.74. The van der Waals surface area contributed by atoms with E-state index in [2.05, 4.69) is 56.6 Å². The molecule has 1 fully saturated rings. The van der Waals surface area contributed by atoms with Crippen LogP contribution in [0.2, 0.25) is 5.02 Å². The molecular formula is C24H14ClI2N3O3. The molecule has 3 aromatic rings. The molecule has 0 atom stereocenters. The summed E-state index contributed by atoms with van der Waals surface area (Å²) in [5.74, 6) is 0.247. The van der Waals surface area contributed by atoms with Gasteiger partial charge in [-0.3, -0.25) is 4.79 Å². The van der Waals surface area contributed by atoms with E-state index in [4.69, 9.17) is 16.3 Å². The van der Waals surface area contributed by atoms with Crippen molar-refractivity contribution in [2.45, 2.75) is 6.61 Å². The van der Waals surface area contributed by atoms with Crippen molar-refractivity contribution in [1.29, 1.82) is 5.26 Å². The number of nitrogens with zero attached hydrogens (tertiary/aromatic N) is 2. The van der Waals surface area contributed by atoms with Crippen LogP contribution < -0.4 is 15.0 Å². The van der Waals surface area contributed by atoms with Crippen LogP contribution in [0.15, 0.2) is 66.4 Å². The van der Waals surface area contributed by atoms with Crippen molar-refractivity contribution in [3.63, 3.8) is 0 Å². The smallest absolute Gasteiger partial charge is 0.333 e. The number of ether oxygens (including phenoxy) is 1. The average molecular weight is 682 g/mol. The number of hydrogen-bond donors (Lipinski definition) is 1. The van der Waals surface area contributed by atoms with E-state index >= 15 is 0 Å². The first kappa shape index (κ1) is 23.5. The highest BCUT2D eigenvalue weighted by Gasteiger charge is 2.34. The van der Waals surface area contributed by atoms with Crippen molar-refractivity contribution in [3.05, 3.63) is 95.2 Å². The van der Waals surface area contributed by atoms with Crippen LogP contribution >= 0.6 is 56.8 Å². The fraction of sp³-hybridized carbons (Fsp3) is 0.0417. The standard InChI is InChI=1S/C24H14ClI2N3O3/c25-17-5-7-18(8-6-17)30-23(31)21(29-24(30)32)11-14-9-19(26)22(20(27)10-14)33-13-16-4-2-1-3-15(16)12-28/h1-11H,13H2,(H,29,32)/b21-11+. The fourth-order valence-electron chi connectivity index (χ4n) is 3.23. The van der Waals surface area contributed by atoms with Crippen molar-refractivity contribution in [3.8, 4) is 11.8 Å². The van der Waals surface area contributed by atoms with Gasteiger partial charge in [-0.2, -0.15) is 5.26 Å². The summed E-state index contributed by atoms with van der Waals surface area (Å²) in [6, 6.07) is 19.2. The highest BCUT2D eigenvalue weighted by Crippen LogP contribution is 2.31. The van der Waals surface area contributed by atoms with E-state index in [1.807, 2.05) is 30.3 Å². The Bertz CT molecular complexity index is 1310. The van der Waals surface area contributed by atoms with Gasteiger partial charge in [-0.15, -0.1) is 0 Å². The lowest BCUT2D eigenvalue weighted by Gasteiger charge is -2.12. The Kier molecular flexibility index (Phi) is 7.21. The lowest BCUT2D eigenvalue weighted by molar-refractivity contribution is -0.113. The number of anilines is 1. The number of nitriles is 1. The first-order chi connectivity index (χ1) is 15.9. The van der Waals surface area contributed by atoms with Crippen LogP contribution in [0.1, 0.15) is 16.7 Å². The zero-order chi connectivity index (χ0) is 23.5. The van der Waals surface area contributed by atoms with Crippen LogP contribution in [0.4, 0.5) is 10.5 Å². The summed E-state index contributed by atoms with van der Waals surface area (Å²) in [5, 5.41) is 12.4. The summed E-state index contributed by atoms with van der Waals surface area (Å²) in [4.78, 5) is 26.3. The number of rotatable bonds is 5. The Labute approximate surface area is 222 Å². The minimum atomic E-state index is -0.519. The average Bonchev–Trinajstić information content (AvgIpc) is 3.07. The van der Waals surface area contributed by atoms with E-state index in [-0.39, 0.29) is 12.3 Å². The number of hydrogen-bond acceptors (Lipinski definition) is 4. The number of nitrogens with one attached hydrogen (secondary N) is 1.